The average molecular weight is 522 g/mol. The van der Waals surface area contributed by atoms with E-state index in [2.05, 4.69) is 25.8 Å². The van der Waals surface area contributed by atoms with Crippen LogP contribution >= 0.6 is 35.6 Å². The minimum Gasteiger partial charge on any atom is -0.382 e. The molecule has 156 valence electrons. The van der Waals surface area contributed by atoms with Crippen LogP contribution in [0, 0.1) is 0 Å². The van der Waals surface area contributed by atoms with Gasteiger partial charge in [-0.2, -0.15) is 4.98 Å². The summed E-state index contributed by atoms with van der Waals surface area (Å²) in [6, 6.07) is 7.40. The van der Waals surface area contributed by atoms with Crippen LogP contribution in [0.2, 0.25) is 5.02 Å². The van der Waals surface area contributed by atoms with E-state index in [4.69, 9.17) is 20.9 Å². The normalized spacial score (nSPS) is 11.2. The van der Waals surface area contributed by atoms with E-state index in [9.17, 15) is 0 Å². The zero-order valence-corrected chi connectivity index (χ0v) is 19.5. The first-order valence-electron chi connectivity index (χ1n) is 9.41. The van der Waals surface area contributed by atoms with Gasteiger partial charge in [0, 0.05) is 49.9 Å². The summed E-state index contributed by atoms with van der Waals surface area (Å²) in [7, 11) is 0. The lowest BCUT2D eigenvalue weighted by atomic mass is 10.2. The molecule has 0 saturated heterocycles. The number of nitrogens with zero attached hydrogens (tertiary/aromatic N) is 3. The van der Waals surface area contributed by atoms with Gasteiger partial charge in [-0.1, -0.05) is 28.9 Å². The molecular formula is C19H29ClIN5O2. The summed E-state index contributed by atoms with van der Waals surface area (Å²) in [6.45, 7) is 7.84. The van der Waals surface area contributed by atoms with Crippen LogP contribution in [0.3, 0.4) is 0 Å². The number of nitrogens with one attached hydrogen (secondary N) is 2. The molecule has 0 unspecified atom stereocenters. The second kappa shape index (κ2) is 14.6. The third-order valence-electron chi connectivity index (χ3n) is 3.70. The number of ether oxygens (including phenoxy) is 1. The predicted octanol–water partition coefficient (Wildman–Crippen LogP) is 3.92. The molecule has 2 N–H and O–H groups in total. The Kier molecular flexibility index (Phi) is 12.8. The first kappa shape index (κ1) is 24.6. The summed E-state index contributed by atoms with van der Waals surface area (Å²) >= 11 is 6.00. The van der Waals surface area contributed by atoms with E-state index >= 15 is 0 Å². The Morgan fingerprint density at radius 2 is 2.11 bits per heavy atom. The van der Waals surface area contributed by atoms with Gasteiger partial charge in [-0.25, -0.2) is 0 Å². The number of guanidine groups is 1. The summed E-state index contributed by atoms with van der Waals surface area (Å²) in [5.74, 6) is 1.91. The number of rotatable bonds is 11. The van der Waals surface area contributed by atoms with Gasteiger partial charge in [-0.3, -0.25) is 4.99 Å². The standard InChI is InChI=1S/C19H28ClN5O2.HI/c1-3-21-19(22-11-5-6-13-26-4-2)23-12-10-17-24-18(25-27-17)15-8-7-9-16(20)14-15;/h7-9,14H,3-6,10-13H2,1-2H3,(H2,21,22,23);1H. The molecule has 0 saturated carbocycles. The van der Waals surface area contributed by atoms with Crippen molar-refractivity contribution in [3.8, 4) is 11.4 Å². The molecule has 0 aliphatic carbocycles. The van der Waals surface area contributed by atoms with Crippen LogP contribution in [0.25, 0.3) is 11.4 Å². The van der Waals surface area contributed by atoms with E-state index in [0.29, 0.717) is 29.7 Å². The third-order valence-corrected chi connectivity index (χ3v) is 3.93. The zero-order valence-electron chi connectivity index (χ0n) is 16.4. The van der Waals surface area contributed by atoms with Gasteiger partial charge in [0.2, 0.25) is 11.7 Å². The van der Waals surface area contributed by atoms with Crippen LogP contribution in [0.5, 0.6) is 0 Å². The molecule has 0 atom stereocenters. The van der Waals surface area contributed by atoms with Crippen LogP contribution in [0.4, 0.5) is 0 Å². The van der Waals surface area contributed by atoms with Crippen LogP contribution < -0.4 is 10.6 Å². The molecule has 9 heteroatoms. The Morgan fingerprint density at radius 3 is 2.86 bits per heavy atom. The molecular weight excluding hydrogens is 493 g/mol. The van der Waals surface area contributed by atoms with Crippen LogP contribution in [0.1, 0.15) is 32.6 Å². The van der Waals surface area contributed by atoms with Gasteiger partial charge in [0.1, 0.15) is 0 Å². The molecule has 0 amide bonds. The monoisotopic (exact) mass is 521 g/mol. The van der Waals surface area contributed by atoms with E-state index in [1.807, 2.05) is 38.1 Å². The van der Waals surface area contributed by atoms with Crippen molar-refractivity contribution in [1.82, 2.24) is 20.8 Å². The lowest BCUT2D eigenvalue weighted by molar-refractivity contribution is 0.144. The molecule has 1 aromatic heterocycles. The van der Waals surface area contributed by atoms with E-state index in [1.165, 1.54) is 0 Å². The van der Waals surface area contributed by atoms with Crippen molar-refractivity contribution in [2.75, 3.05) is 32.8 Å². The van der Waals surface area contributed by atoms with Crippen LogP contribution in [0.15, 0.2) is 33.8 Å². The molecule has 0 bridgehead atoms. The van der Waals surface area contributed by atoms with E-state index < -0.39 is 0 Å². The number of hydrogen-bond acceptors (Lipinski definition) is 5. The minimum absolute atomic E-state index is 0. The lowest BCUT2D eigenvalue weighted by Crippen LogP contribution is -2.38. The smallest absolute Gasteiger partial charge is 0.228 e. The van der Waals surface area contributed by atoms with Gasteiger partial charge >= 0.3 is 0 Å². The second-order valence-corrected chi connectivity index (χ2v) is 6.30. The van der Waals surface area contributed by atoms with Crippen molar-refractivity contribution in [1.29, 1.82) is 0 Å². The third kappa shape index (κ3) is 9.20. The van der Waals surface area contributed by atoms with Gasteiger partial charge in [-0.15, -0.1) is 24.0 Å². The molecule has 2 aromatic rings. The van der Waals surface area contributed by atoms with Gasteiger partial charge in [-0.05, 0) is 38.8 Å². The Morgan fingerprint density at radius 1 is 1.25 bits per heavy atom. The highest BCUT2D eigenvalue weighted by Gasteiger charge is 2.09. The van der Waals surface area contributed by atoms with Gasteiger partial charge < -0.3 is 19.9 Å². The Bertz CT molecular complexity index is 711. The molecule has 0 radical (unpaired) electrons. The first-order chi connectivity index (χ1) is 13.2. The molecule has 7 nitrogen and oxygen atoms in total. The Balaban J connectivity index is 0.00000392. The predicted molar refractivity (Wildman–Crippen MR) is 124 cm³/mol. The largest absolute Gasteiger partial charge is 0.382 e. The van der Waals surface area contributed by atoms with Crippen molar-refractivity contribution >= 4 is 41.5 Å². The van der Waals surface area contributed by atoms with Crippen molar-refractivity contribution in [3.63, 3.8) is 0 Å². The van der Waals surface area contributed by atoms with Crippen LogP contribution in [-0.2, 0) is 11.2 Å². The van der Waals surface area contributed by atoms with Crippen molar-refractivity contribution < 1.29 is 9.26 Å². The summed E-state index contributed by atoms with van der Waals surface area (Å²) < 4.78 is 10.7. The fraction of sp³-hybridized carbons (Fsp3) is 0.526. The Labute approximate surface area is 188 Å². The van der Waals surface area contributed by atoms with Gasteiger partial charge in [0.05, 0.1) is 0 Å². The number of aromatic nitrogens is 2. The number of aliphatic imine (C=N–C) groups is 1. The molecule has 0 aliphatic rings. The molecule has 0 spiro atoms. The quantitative estimate of drug-likeness (QED) is 0.202. The maximum absolute atomic E-state index is 6.00. The number of benzene rings is 1. The SMILES string of the molecule is CCNC(=NCCCCOCC)NCCc1nc(-c2cccc(Cl)c2)no1.I. The second-order valence-electron chi connectivity index (χ2n) is 5.86. The first-order valence-corrected chi connectivity index (χ1v) is 9.79. The highest BCUT2D eigenvalue weighted by Crippen LogP contribution is 2.19. The number of unbranched alkanes of at least 4 members (excludes halogenated alkanes) is 1. The Hall–Kier alpha value is -1.39. The molecule has 0 aliphatic heterocycles. The average Bonchev–Trinajstić information content (AvgIpc) is 3.13. The molecule has 1 heterocycles. The summed E-state index contributed by atoms with van der Waals surface area (Å²) in [6.07, 6.45) is 2.64. The van der Waals surface area contributed by atoms with E-state index in [0.717, 1.165) is 50.7 Å². The fourth-order valence-corrected chi connectivity index (χ4v) is 2.57. The molecule has 0 fully saturated rings. The maximum atomic E-state index is 6.00. The van der Waals surface area contributed by atoms with E-state index in [-0.39, 0.29) is 24.0 Å². The van der Waals surface area contributed by atoms with E-state index in [1.54, 1.807) is 0 Å². The number of hydrogen-bond donors (Lipinski definition) is 2. The molecule has 2 rings (SSSR count). The minimum atomic E-state index is 0. The van der Waals surface area contributed by atoms with Crippen LogP contribution in [-0.4, -0.2) is 48.9 Å². The fourth-order valence-electron chi connectivity index (χ4n) is 2.38. The summed E-state index contributed by atoms with van der Waals surface area (Å²) in [5, 5.41) is 11.2. The van der Waals surface area contributed by atoms with Crippen molar-refractivity contribution in [2.45, 2.75) is 33.1 Å². The topological polar surface area (TPSA) is 84.6 Å². The van der Waals surface area contributed by atoms with Gasteiger partial charge in [0.25, 0.3) is 0 Å². The van der Waals surface area contributed by atoms with Gasteiger partial charge in [0.15, 0.2) is 5.96 Å². The summed E-state index contributed by atoms with van der Waals surface area (Å²) in [5.41, 5.74) is 0.840. The zero-order chi connectivity index (χ0) is 19.3. The van der Waals surface area contributed by atoms with Crippen molar-refractivity contribution in [3.05, 3.63) is 35.2 Å². The highest BCUT2D eigenvalue weighted by molar-refractivity contribution is 14.0. The molecule has 28 heavy (non-hydrogen) atoms. The summed E-state index contributed by atoms with van der Waals surface area (Å²) in [4.78, 5) is 8.98. The molecule has 1 aromatic carbocycles. The highest BCUT2D eigenvalue weighted by atomic mass is 127. The lowest BCUT2D eigenvalue weighted by Gasteiger charge is -2.10. The number of halogens is 2. The van der Waals surface area contributed by atoms with Crippen molar-refractivity contribution in [2.24, 2.45) is 4.99 Å². The maximum Gasteiger partial charge on any atom is 0.228 e.